The zero-order valence-corrected chi connectivity index (χ0v) is 13.0. The molecule has 1 aromatic heterocycles. The fraction of sp³-hybridized carbons (Fsp3) is 0.0714. The van der Waals surface area contributed by atoms with E-state index in [0.29, 0.717) is 0 Å². The highest BCUT2D eigenvalue weighted by atomic mass is 16.6. The number of rotatable bonds is 5. The van der Waals surface area contributed by atoms with E-state index >= 15 is 0 Å². The average Bonchev–Trinajstić information content (AvgIpc) is 2.64. The lowest BCUT2D eigenvalue weighted by molar-refractivity contribution is -0.384. The first-order valence-electron chi connectivity index (χ1n) is 6.95. The summed E-state index contributed by atoms with van der Waals surface area (Å²) in [6, 6.07) is 4.72. The van der Waals surface area contributed by atoms with Crippen LogP contribution in [0.5, 0.6) is 0 Å². The molecule has 4 N–H and O–H groups in total. The van der Waals surface area contributed by atoms with Crippen molar-refractivity contribution in [3.63, 3.8) is 0 Å². The molecule has 12 heteroatoms. The molecule has 1 heterocycles. The first-order chi connectivity index (χ1) is 12.4. The number of carbonyl (C=O) groups is 3. The third-order valence-corrected chi connectivity index (χ3v) is 2.91. The van der Waals surface area contributed by atoms with Crippen LogP contribution in [0.1, 0.15) is 20.8 Å². The summed E-state index contributed by atoms with van der Waals surface area (Å²) in [5.74, 6) is -2.63. The van der Waals surface area contributed by atoms with Gasteiger partial charge in [0.15, 0.2) is 18.1 Å². The summed E-state index contributed by atoms with van der Waals surface area (Å²) in [5.41, 5.74) is 9.20. The van der Waals surface area contributed by atoms with Crippen molar-refractivity contribution in [3.8, 4) is 0 Å². The SMILES string of the molecule is Nc1nccnc1C(=O)OCC(=O)NNC(=O)c1ccc([N+](=O)[O-])cc1. The van der Waals surface area contributed by atoms with Gasteiger partial charge < -0.3 is 10.5 Å². The molecule has 0 aliphatic carbocycles. The lowest BCUT2D eigenvalue weighted by Gasteiger charge is -2.08. The Hall–Kier alpha value is -4.09. The molecule has 0 bridgehead atoms. The van der Waals surface area contributed by atoms with Gasteiger partial charge in [-0.2, -0.15) is 0 Å². The number of nitrogen functional groups attached to an aromatic ring is 1. The van der Waals surface area contributed by atoms with Crippen molar-refractivity contribution in [1.29, 1.82) is 0 Å². The van der Waals surface area contributed by atoms with Crippen molar-refractivity contribution < 1.29 is 24.0 Å². The molecule has 0 saturated heterocycles. The summed E-state index contributed by atoms with van der Waals surface area (Å²) in [6.07, 6.45) is 2.52. The van der Waals surface area contributed by atoms with Gasteiger partial charge in [-0.15, -0.1) is 0 Å². The van der Waals surface area contributed by atoms with E-state index in [1.165, 1.54) is 24.5 Å². The Morgan fingerprint density at radius 3 is 2.38 bits per heavy atom. The molecule has 0 aliphatic rings. The highest BCUT2D eigenvalue weighted by Crippen LogP contribution is 2.11. The van der Waals surface area contributed by atoms with Crippen molar-refractivity contribution in [2.75, 3.05) is 12.3 Å². The van der Waals surface area contributed by atoms with E-state index in [2.05, 4.69) is 15.4 Å². The second-order valence-electron chi connectivity index (χ2n) is 4.67. The van der Waals surface area contributed by atoms with Crippen LogP contribution < -0.4 is 16.6 Å². The van der Waals surface area contributed by atoms with Crippen molar-refractivity contribution in [2.45, 2.75) is 0 Å². The van der Waals surface area contributed by atoms with Crippen LogP contribution in [0.4, 0.5) is 11.5 Å². The Balaban J connectivity index is 1.81. The van der Waals surface area contributed by atoms with Gasteiger partial charge in [0.1, 0.15) is 0 Å². The van der Waals surface area contributed by atoms with E-state index in [9.17, 15) is 24.5 Å². The first kappa shape index (κ1) is 18.3. The summed E-state index contributed by atoms with van der Waals surface area (Å²) in [6.45, 7) is -0.699. The van der Waals surface area contributed by atoms with Crippen LogP contribution in [0.15, 0.2) is 36.7 Å². The summed E-state index contributed by atoms with van der Waals surface area (Å²) in [7, 11) is 0. The number of nitro benzene ring substituents is 1. The van der Waals surface area contributed by atoms with Gasteiger partial charge in [-0.05, 0) is 12.1 Å². The predicted octanol–water partition coefficient (Wildman–Crippen LogP) is -0.415. The molecule has 2 aromatic rings. The van der Waals surface area contributed by atoms with Crippen LogP contribution >= 0.6 is 0 Å². The van der Waals surface area contributed by atoms with Gasteiger partial charge in [0.05, 0.1) is 4.92 Å². The third-order valence-electron chi connectivity index (χ3n) is 2.91. The number of nitrogens with zero attached hydrogens (tertiary/aromatic N) is 3. The standard InChI is InChI=1S/C14H12N6O6/c15-12-11(16-5-6-17-12)14(23)26-7-10(21)18-19-13(22)8-1-3-9(4-2-8)20(24)25/h1-6H,7H2,(H2,15,17)(H,18,21)(H,19,22). The number of nitro groups is 1. The molecule has 26 heavy (non-hydrogen) atoms. The van der Waals surface area contributed by atoms with Gasteiger partial charge in [-0.3, -0.25) is 30.6 Å². The Kier molecular flexibility index (Phi) is 5.71. The zero-order chi connectivity index (χ0) is 19.1. The van der Waals surface area contributed by atoms with Crippen molar-refractivity contribution in [2.24, 2.45) is 0 Å². The molecule has 0 radical (unpaired) electrons. The molecule has 12 nitrogen and oxygen atoms in total. The molecule has 0 atom stereocenters. The van der Waals surface area contributed by atoms with Gasteiger partial charge in [-0.1, -0.05) is 0 Å². The molecule has 0 saturated carbocycles. The summed E-state index contributed by atoms with van der Waals surface area (Å²) < 4.78 is 4.69. The quantitative estimate of drug-likeness (QED) is 0.362. The van der Waals surface area contributed by atoms with Crippen molar-refractivity contribution in [1.82, 2.24) is 20.8 Å². The van der Waals surface area contributed by atoms with Crippen LogP contribution in [0.2, 0.25) is 0 Å². The molecule has 2 rings (SSSR count). The Labute approximate surface area is 145 Å². The fourth-order valence-electron chi connectivity index (χ4n) is 1.67. The van der Waals surface area contributed by atoms with E-state index in [4.69, 9.17) is 10.5 Å². The van der Waals surface area contributed by atoms with Gasteiger partial charge in [-0.25, -0.2) is 14.8 Å². The molecule has 0 aliphatic heterocycles. The molecular weight excluding hydrogens is 348 g/mol. The fourth-order valence-corrected chi connectivity index (χ4v) is 1.67. The minimum atomic E-state index is -0.951. The maximum Gasteiger partial charge on any atom is 0.361 e. The molecule has 0 fully saturated rings. The van der Waals surface area contributed by atoms with Crippen molar-refractivity contribution >= 4 is 29.3 Å². The average molecular weight is 360 g/mol. The van der Waals surface area contributed by atoms with Crippen LogP contribution in [0.3, 0.4) is 0 Å². The van der Waals surface area contributed by atoms with Gasteiger partial charge in [0.2, 0.25) is 0 Å². The second-order valence-corrected chi connectivity index (χ2v) is 4.67. The van der Waals surface area contributed by atoms with Crippen LogP contribution in [-0.2, 0) is 9.53 Å². The highest BCUT2D eigenvalue weighted by molar-refractivity contribution is 5.96. The molecule has 134 valence electrons. The van der Waals surface area contributed by atoms with Gasteiger partial charge >= 0.3 is 5.97 Å². The molecular formula is C14H12N6O6. The molecule has 0 spiro atoms. The predicted molar refractivity (Wildman–Crippen MR) is 85.4 cm³/mol. The number of nitrogens with two attached hydrogens (primary N) is 1. The number of nitrogens with one attached hydrogen (secondary N) is 2. The van der Waals surface area contributed by atoms with Crippen LogP contribution in [-0.4, -0.2) is 39.3 Å². The summed E-state index contributed by atoms with van der Waals surface area (Å²) in [4.78, 5) is 52.3. The van der Waals surface area contributed by atoms with E-state index in [1.807, 2.05) is 5.43 Å². The maximum atomic E-state index is 11.8. The van der Waals surface area contributed by atoms with Gasteiger partial charge in [0, 0.05) is 30.1 Å². The third kappa shape index (κ3) is 4.70. The number of carbonyl (C=O) groups excluding carboxylic acids is 3. The molecule has 2 amide bonds. The number of anilines is 1. The molecule has 1 aromatic carbocycles. The number of esters is 1. The van der Waals surface area contributed by atoms with Crippen LogP contribution in [0.25, 0.3) is 0 Å². The number of non-ortho nitro benzene ring substituents is 1. The lowest BCUT2D eigenvalue weighted by atomic mass is 10.2. The summed E-state index contributed by atoms with van der Waals surface area (Å²) >= 11 is 0. The number of hydrazine groups is 1. The first-order valence-corrected chi connectivity index (χ1v) is 6.95. The highest BCUT2D eigenvalue weighted by Gasteiger charge is 2.16. The Morgan fingerprint density at radius 1 is 1.12 bits per heavy atom. The largest absolute Gasteiger partial charge is 0.451 e. The monoisotopic (exact) mass is 360 g/mol. The maximum absolute atomic E-state index is 11.8. The van der Waals surface area contributed by atoms with Crippen molar-refractivity contribution in [3.05, 3.63) is 58.0 Å². The minimum Gasteiger partial charge on any atom is -0.451 e. The number of benzene rings is 1. The number of ether oxygens (including phenoxy) is 1. The second kappa shape index (κ2) is 8.14. The molecule has 0 unspecified atom stereocenters. The van der Waals surface area contributed by atoms with E-state index in [0.717, 1.165) is 12.1 Å². The van der Waals surface area contributed by atoms with E-state index in [1.54, 1.807) is 0 Å². The number of hydrogen-bond donors (Lipinski definition) is 3. The van der Waals surface area contributed by atoms with Crippen LogP contribution in [0, 0.1) is 10.1 Å². The number of amides is 2. The number of hydrogen-bond acceptors (Lipinski definition) is 9. The van der Waals surface area contributed by atoms with E-state index in [-0.39, 0.29) is 22.8 Å². The topological polar surface area (TPSA) is 179 Å². The van der Waals surface area contributed by atoms with E-state index < -0.39 is 29.3 Å². The van der Waals surface area contributed by atoms with Gasteiger partial charge in [0.25, 0.3) is 17.5 Å². The minimum absolute atomic E-state index is 0.0835. The smallest absolute Gasteiger partial charge is 0.361 e. The Bertz CT molecular complexity index is 853. The summed E-state index contributed by atoms with van der Waals surface area (Å²) in [5, 5.41) is 10.5. The lowest BCUT2D eigenvalue weighted by Crippen LogP contribution is -2.43. The Morgan fingerprint density at radius 2 is 1.77 bits per heavy atom. The normalized spacial score (nSPS) is 9.85. The number of aromatic nitrogens is 2. The zero-order valence-electron chi connectivity index (χ0n) is 13.0.